The Labute approximate surface area is 153 Å². The Morgan fingerprint density at radius 3 is 2.85 bits per heavy atom. The molecule has 0 saturated carbocycles. The number of carbonyl (C=O) groups excluding carboxylic acids is 1. The van der Waals surface area contributed by atoms with Gasteiger partial charge in [0.15, 0.2) is 10.9 Å². The Morgan fingerprint density at radius 1 is 1.42 bits per heavy atom. The van der Waals surface area contributed by atoms with Crippen LogP contribution in [0.1, 0.15) is 25.1 Å². The lowest BCUT2D eigenvalue weighted by Crippen LogP contribution is -2.28. The normalized spacial score (nSPS) is 20.3. The van der Waals surface area contributed by atoms with Crippen molar-refractivity contribution in [2.24, 2.45) is 0 Å². The number of thiazole rings is 1. The average molecular weight is 383 g/mol. The van der Waals surface area contributed by atoms with Crippen molar-refractivity contribution in [2.45, 2.75) is 39.0 Å². The van der Waals surface area contributed by atoms with Gasteiger partial charge in [-0.1, -0.05) is 11.3 Å². The summed E-state index contributed by atoms with van der Waals surface area (Å²) < 4.78 is 32.6. The van der Waals surface area contributed by atoms with E-state index >= 15 is 0 Å². The van der Waals surface area contributed by atoms with Crippen LogP contribution in [0, 0.1) is 11.8 Å². The maximum atomic E-state index is 14.1. The van der Waals surface area contributed by atoms with Crippen molar-refractivity contribution in [3.63, 3.8) is 0 Å². The molecule has 0 bridgehead atoms. The molecule has 1 fully saturated rings. The predicted molar refractivity (Wildman–Crippen MR) is 92.1 cm³/mol. The number of anilines is 1. The van der Waals surface area contributed by atoms with Crippen LogP contribution in [-0.4, -0.2) is 50.9 Å². The molecule has 1 saturated heterocycles. The summed E-state index contributed by atoms with van der Waals surface area (Å²) in [7, 11) is 0. The summed E-state index contributed by atoms with van der Waals surface area (Å²) in [6.07, 6.45) is 2.69. The second-order valence-electron chi connectivity index (χ2n) is 6.23. The molecule has 26 heavy (non-hydrogen) atoms. The van der Waals surface area contributed by atoms with Crippen LogP contribution in [0.3, 0.4) is 0 Å². The van der Waals surface area contributed by atoms with Crippen LogP contribution >= 0.6 is 11.3 Å². The van der Waals surface area contributed by atoms with Crippen LogP contribution in [0.25, 0.3) is 0 Å². The Hall–Kier alpha value is -2.20. The molecule has 1 N–H and O–H groups in total. The molecular formula is C16H19F2N5O2S. The van der Waals surface area contributed by atoms with E-state index in [1.165, 1.54) is 18.3 Å². The number of nitrogens with one attached hydrogen (secondary N) is 1. The fourth-order valence-corrected chi connectivity index (χ4v) is 3.62. The number of rotatable bonds is 7. The number of likely N-dealkylation sites (tertiary alicyclic amines) is 1. The van der Waals surface area contributed by atoms with E-state index in [1.807, 2.05) is 6.92 Å². The van der Waals surface area contributed by atoms with E-state index in [1.54, 1.807) is 0 Å². The van der Waals surface area contributed by atoms with Gasteiger partial charge in [0.2, 0.25) is 5.95 Å². The van der Waals surface area contributed by atoms with Crippen molar-refractivity contribution in [1.29, 1.82) is 0 Å². The minimum absolute atomic E-state index is 0.0432. The van der Waals surface area contributed by atoms with Crippen molar-refractivity contribution in [1.82, 2.24) is 19.9 Å². The molecule has 3 rings (SSSR count). The number of hydrogen-bond acceptors (Lipinski definition) is 8. The number of ketones is 1. The van der Waals surface area contributed by atoms with Gasteiger partial charge in [0.25, 0.3) is 0 Å². The highest BCUT2D eigenvalue weighted by molar-refractivity contribution is 7.15. The number of hydrogen-bond donors (Lipinski definition) is 1. The van der Waals surface area contributed by atoms with Crippen molar-refractivity contribution in [3.05, 3.63) is 29.0 Å². The molecule has 0 radical (unpaired) electrons. The molecule has 140 valence electrons. The first-order valence-electron chi connectivity index (χ1n) is 8.17. The molecule has 0 spiro atoms. The average Bonchev–Trinajstić information content (AvgIpc) is 3.11. The van der Waals surface area contributed by atoms with Crippen molar-refractivity contribution < 1.29 is 18.3 Å². The van der Waals surface area contributed by atoms with Gasteiger partial charge in [-0.25, -0.2) is 14.4 Å². The zero-order valence-corrected chi connectivity index (χ0v) is 15.2. The monoisotopic (exact) mass is 383 g/mol. The zero-order valence-electron chi connectivity index (χ0n) is 14.4. The van der Waals surface area contributed by atoms with Crippen molar-refractivity contribution in [3.8, 4) is 6.01 Å². The number of aromatic nitrogens is 3. The molecule has 2 aromatic heterocycles. The largest absolute Gasteiger partial charge is 0.459 e. The summed E-state index contributed by atoms with van der Waals surface area (Å²) in [4.78, 5) is 25.0. The molecule has 0 aromatic carbocycles. The van der Waals surface area contributed by atoms with Gasteiger partial charge in [-0.15, -0.1) is 0 Å². The van der Waals surface area contributed by atoms with Crippen LogP contribution in [0.5, 0.6) is 6.01 Å². The summed E-state index contributed by atoms with van der Waals surface area (Å²) in [6, 6.07) is 0.306. The van der Waals surface area contributed by atoms with Crippen LogP contribution in [0.15, 0.2) is 12.4 Å². The molecule has 0 aliphatic carbocycles. The minimum Gasteiger partial charge on any atom is -0.459 e. The number of Topliss-reactive ketones (excluding diaryl/α,β-unsaturated/α-hetero) is 1. The first kappa shape index (κ1) is 18.6. The molecule has 7 nitrogen and oxygen atoms in total. The zero-order chi connectivity index (χ0) is 18.7. The lowest BCUT2D eigenvalue weighted by Gasteiger charge is -2.19. The van der Waals surface area contributed by atoms with E-state index in [-0.39, 0.29) is 30.5 Å². The van der Waals surface area contributed by atoms with E-state index in [4.69, 9.17) is 4.74 Å². The van der Waals surface area contributed by atoms with Gasteiger partial charge >= 0.3 is 6.01 Å². The Balaban J connectivity index is 1.58. The minimum atomic E-state index is -0.528. The van der Waals surface area contributed by atoms with Gasteiger partial charge in [0.1, 0.15) is 11.9 Å². The topological polar surface area (TPSA) is 80.2 Å². The van der Waals surface area contributed by atoms with E-state index in [0.29, 0.717) is 23.1 Å². The fraction of sp³-hybridized carbons (Fsp3) is 0.500. The van der Waals surface area contributed by atoms with Gasteiger partial charge in [0, 0.05) is 25.6 Å². The van der Waals surface area contributed by atoms with Gasteiger partial charge in [-0.05, 0) is 13.8 Å². The molecule has 10 heteroatoms. The standard InChI is InChI=1S/C16H19F2N5O2S/c1-9-3-12(25-15-19-5-11(17)6-20-15)7-23(9)8-13-14(18)22-16(26-13)21-4-10(2)24/h5-6,9,12H,3-4,7-8H2,1-2H3,(H,21,22)/t9-,12+/m0/s1. The third kappa shape index (κ3) is 4.70. The van der Waals surface area contributed by atoms with Crippen molar-refractivity contribution in [2.75, 3.05) is 18.4 Å². The number of halogens is 2. The summed E-state index contributed by atoms with van der Waals surface area (Å²) in [5, 5.41) is 3.21. The second-order valence-corrected chi connectivity index (χ2v) is 7.31. The highest BCUT2D eigenvalue weighted by Gasteiger charge is 2.32. The van der Waals surface area contributed by atoms with E-state index in [9.17, 15) is 13.6 Å². The molecule has 1 aliphatic heterocycles. The number of nitrogens with zero attached hydrogens (tertiary/aromatic N) is 4. The van der Waals surface area contributed by atoms with Crippen molar-refractivity contribution >= 4 is 22.3 Å². The smallest absolute Gasteiger partial charge is 0.316 e. The van der Waals surface area contributed by atoms with Crippen LogP contribution in [0.4, 0.5) is 13.9 Å². The maximum absolute atomic E-state index is 14.1. The Morgan fingerprint density at radius 2 is 2.15 bits per heavy atom. The highest BCUT2D eigenvalue weighted by Crippen LogP contribution is 2.28. The fourth-order valence-electron chi connectivity index (χ4n) is 2.75. The van der Waals surface area contributed by atoms with Gasteiger partial charge < -0.3 is 10.1 Å². The third-order valence-corrected chi connectivity index (χ3v) is 4.99. The summed E-state index contributed by atoms with van der Waals surface area (Å²) >= 11 is 1.20. The Kier molecular flexibility index (Phi) is 5.72. The van der Waals surface area contributed by atoms with Gasteiger partial charge in [0.05, 0.1) is 23.8 Å². The molecular weight excluding hydrogens is 364 g/mol. The first-order chi connectivity index (χ1) is 12.4. The quantitative estimate of drug-likeness (QED) is 0.785. The highest BCUT2D eigenvalue weighted by atomic mass is 32.1. The van der Waals surface area contributed by atoms with Gasteiger partial charge in [-0.2, -0.15) is 9.37 Å². The predicted octanol–water partition coefficient (Wildman–Crippen LogP) is 2.25. The first-order valence-corrected chi connectivity index (χ1v) is 8.99. The van der Waals surface area contributed by atoms with Gasteiger partial charge in [-0.3, -0.25) is 9.69 Å². The molecule has 3 heterocycles. The lowest BCUT2D eigenvalue weighted by molar-refractivity contribution is -0.115. The maximum Gasteiger partial charge on any atom is 0.316 e. The molecule has 0 amide bonds. The summed E-state index contributed by atoms with van der Waals surface area (Å²) in [6.45, 7) is 4.59. The molecule has 1 aliphatic rings. The second kappa shape index (κ2) is 8.00. The molecule has 2 aromatic rings. The summed E-state index contributed by atoms with van der Waals surface area (Å²) in [5.74, 6) is -1.09. The molecule has 2 atom stereocenters. The van der Waals surface area contributed by atoms with E-state index in [2.05, 4.69) is 25.2 Å². The SMILES string of the molecule is CC(=O)CNc1nc(F)c(CN2C[C@H](Oc3ncc(F)cn3)C[C@@H]2C)s1. The Bertz CT molecular complexity index is 771. The molecule has 0 unspecified atom stereocenters. The number of carbonyl (C=O) groups is 1. The lowest BCUT2D eigenvalue weighted by atomic mass is 10.2. The van der Waals surface area contributed by atoms with E-state index in [0.717, 1.165) is 18.8 Å². The number of ether oxygens (including phenoxy) is 1. The summed E-state index contributed by atoms with van der Waals surface area (Å²) in [5.41, 5.74) is 0. The van der Waals surface area contributed by atoms with Crippen LogP contribution in [-0.2, 0) is 11.3 Å². The van der Waals surface area contributed by atoms with E-state index < -0.39 is 11.8 Å². The van der Waals surface area contributed by atoms with Crippen LogP contribution in [0.2, 0.25) is 0 Å². The third-order valence-electron chi connectivity index (χ3n) is 4.02. The van der Waals surface area contributed by atoms with Crippen LogP contribution < -0.4 is 10.1 Å².